The second-order valence-corrected chi connectivity index (χ2v) is 4.95. The molecule has 2 aromatic rings. The number of pyridine rings is 1. The van der Waals surface area contributed by atoms with Gasteiger partial charge in [0.2, 0.25) is 0 Å². The predicted molar refractivity (Wildman–Crippen MR) is 68.6 cm³/mol. The van der Waals surface area contributed by atoms with E-state index >= 15 is 0 Å². The summed E-state index contributed by atoms with van der Waals surface area (Å²) >= 11 is 1.53. The Labute approximate surface area is 105 Å². The lowest BCUT2D eigenvalue weighted by Crippen LogP contribution is -2.12. The highest BCUT2D eigenvalue weighted by atomic mass is 32.1. The van der Waals surface area contributed by atoms with Crippen LogP contribution in [0.4, 0.5) is 0 Å². The first-order valence-electron chi connectivity index (χ1n) is 5.38. The maximum absolute atomic E-state index is 8.72. The van der Waals surface area contributed by atoms with Crippen LogP contribution in [0.15, 0.2) is 30.6 Å². The van der Waals surface area contributed by atoms with Gasteiger partial charge in [0, 0.05) is 30.4 Å². The molecule has 17 heavy (non-hydrogen) atoms. The molecule has 2 rings (SSSR count). The fraction of sp³-hybridized carbons (Fsp3) is 0.231. The molecule has 0 aromatic carbocycles. The van der Waals surface area contributed by atoms with Gasteiger partial charge in [0.25, 0.3) is 0 Å². The molecule has 0 aliphatic carbocycles. The number of thiophene rings is 1. The predicted octanol–water partition coefficient (Wildman–Crippen LogP) is 2.61. The van der Waals surface area contributed by atoms with Gasteiger partial charge in [0.1, 0.15) is 10.9 Å². The van der Waals surface area contributed by atoms with Gasteiger partial charge in [-0.05, 0) is 36.2 Å². The maximum atomic E-state index is 8.72. The molecule has 4 heteroatoms. The number of hydrogen-bond acceptors (Lipinski definition) is 4. The molecule has 0 fully saturated rings. The van der Waals surface area contributed by atoms with Crippen LogP contribution in [-0.4, -0.2) is 4.98 Å². The van der Waals surface area contributed by atoms with E-state index in [2.05, 4.69) is 23.3 Å². The van der Waals surface area contributed by atoms with E-state index in [4.69, 9.17) is 5.26 Å². The Bertz CT molecular complexity index is 540. The Morgan fingerprint density at radius 3 is 2.94 bits per heavy atom. The first kappa shape index (κ1) is 11.8. The molecular formula is C13H13N3S. The van der Waals surface area contributed by atoms with Crippen LogP contribution in [0.25, 0.3) is 0 Å². The van der Waals surface area contributed by atoms with E-state index in [9.17, 15) is 0 Å². The summed E-state index contributed by atoms with van der Waals surface area (Å²) in [7, 11) is 0. The first-order chi connectivity index (χ1) is 8.29. The number of nitriles is 1. The summed E-state index contributed by atoms with van der Waals surface area (Å²) in [6, 6.07) is 8.01. The molecule has 0 saturated heterocycles. The molecule has 0 aliphatic heterocycles. The molecule has 0 atom stereocenters. The second-order valence-electron chi connectivity index (χ2n) is 3.78. The number of rotatable bonds is 4. The zero-order chi connectivity index (χ0) is 12.1. The monoisotopic (exact) mass is 243 g/mol. The van der Waals surface area contributed by atoms with Crippen molar-refractivity contribution < 1.29 is 0 Å². The van der Waals surface area contributed by atoms with Crippen LogP contribution in [0.5, 0.6) is 0 Å². The average Bonchev–Trinajstić information content (AvgIpc) is 2.80. The minimum absolute atomic E-state index is 0.763. The van der Waals surface area contributed by atoms with Crippen LogP contribution in [0.3, 0.4) is 0 Å². The van der Waals surface area contributed by atoms with Crippen molar-refractivity contribution in [3.63, 3.8) is 0 Å². The van der Waals surface area contributed by atoms with E-state index in [1.54, 1.807) is 6.20 Å². The lowest BCUT2D eigenvalue weighted by Gasteiger charge is -2.05. The van der Waals surface area contributed by atoms with Crippen molar-refractivity contribution in [2.24, 2.45) is 0 Å². The molecule has 0 radical (unpaired) electrons. The van der Waals surface area contributed by atoms with E-state index in [-0.39, 0.29) is 0 Å². The summed E-state index contributed by atoms with van der Waals surface area (Å²) in [5, 5.41) is 12.1. The van der Waals surface area contributed by atoms with E-state index < -0.39 is 0 Å². The van der Waals surface area contributed by atoms with E-state index in [1.165, 1.54) is 27.3 Å². The van der Waals surface area contributed by atoms with Crippen LogP contribution in [0, 0.1) is 18.3 Å². The Morgan fingerprint density at radius 1 is 1.35 bits per heavy atom. The van der Waals surface area contributed by atoms with Gasteiger partial charge in [-0.3, -0.25) is 4.98 Å². The van der Waals surface area contributed by atoms with E-state index in [1.807, 2.05) is 24.4 Å². The molecule has 0 amide bonds. The van der Waals surface area contributed by atoms with Gasteiger partial charge < -0.3 is 5.32 Å². The Kier molecular flexibility index (Phi) is 3.86. The van der Waals surface area contributed by atoms with Crippen molar-refractivity contribution >= 4 is 11.3 Å². The Balaban J connectivity index is 1.88. The summed E-state index contributed by atoms with van der Waals surface area (Å²) in [5.41, 5.74) is 2.46. The van der Waals surface area contributed by atoms with Crippen LogP contribution in [0.2, 0.25) is 0 Å². The van der Waals surface area contributed by atoms with E-state index in [0.29, 0.717) is 0 Å². The highest BCUT2D eigenvalue weighted by Crippen LogP contribution is 2.15. The molecular weight excluding hydrogens is 230 g/mol. The number of nitrogens with one attached hydrogen (secondary N) is 1. The van der Waals surface area contributed by atoms with Gasteiger partial charge >= 0.3 is 0 Å². The third kappa shape index (κ3) is 3.13. The van der Waals surface area contributed by atoms with Crippen molar-refractivity contribution in [3.8, 4) is 6.07 Å². The normalized spacial score (nSPS) is 10.1. The van der Waals surface area contributed by atoms with Gasteiger partial charge in [-0.2, -0.15) is 5.26 Å². The molecule has 0 unspecified atom stereocenters. The summed E-state index contributed by atoms with van der Waals surface area (Å²) in [4.78, 5) is 6.05. The van der Waals surface area contributed by atoms with Crippen molar-refractivity contribution in [1.29, 1.82) is 5.26 Å². The standard InChI is InChI=1S/C13H13N3S/c1-10-4-5-15-7-11(10)8-16-9-13-3-2-12(6-14)17-13/h2-5,7,16H,8-9H2,1H3. The highest BCUT2D eigenvalue weighted by molar-refractivity contribution is 7.12. The molecule has 2 aromatic heterocycles. The van der Waals surface area contributed by atoms with Gasteiger partial charge in [-0.15, -0.1) is 11.3 Å². The van der Waals surface area contributed by atoms with Crippen molar-refractivity contribution in [2.75, 3.05) is 0 Å². The zero-order valence-corrected chi connectivity index (χ0v) is 10.4. The molecule has 2 heterocycles. The first-order valence-corrected chi connectivity index (χ1v) is 6.20. The highest BCUT2D eigenvalue weighted by Gasteiger charge is 2.00. The Hall–Kier alpha value is -1.70. The van der Waals surface area contributed by atoms with Gasteiger partial charge in [0.05, 0.1) is 0 Å². The number of nitrogens with zero attached hydrogens (tertiary/aromatic N) is 2. The minimum atomic E-state index is 0.763. The number of aromatic nitrogens is 1. The molecule has 1 N–H and O–H groups in total. The fourth-order valence-corrected chi connectivity index (χ4v) is 2.31. The molecule has 0 bridgehead atoms. The zero-order valence-electron chi connectivity index (χ0n) is 9.60. The Morgan fingerprint density at radius 2 is 2.24 bits per heavy atom. The molecule has 0 saturated carbocycles. The molecule has 86 valence electrons. The maximum Gasteiger partial charge on any atom is 0.110 e. The minimum Gasteiger partial charge on any atom is -0.308 e. The fourth-order valence-electron chi connectivity index (χ4n) is 1.54. The SMILES string of the molecule is Cc1ccncc1CNCc1ccc(C#N)s1. The smallest absolute Gasteiger partial charge is 0.110 e. The van der Waals surface area contributed by atoms with Crippen LogP contribution >= 0.6 is 11.3 Å². The summed E-state index contributed by atoms with van der Waals surface area (Å²) in [6.45, 7) is 3.68. The third-order valence-electron chi connectivity index (χ3n) is 2.53. The lowest BCUT2D eigenvalue weighted by atomic mass is 10.1. The van der Waals surface area contributed by atoms with Gasteiger partial charge in [0.15, 0.2) is 0 Å². The second kappa shape index (κ2) is 5.58. The molecule has 0 spiro atoms. The number of hydrogen-bond donors (Lipinski definition) is 1. The molecule has 0 aliphatic rings. The summed E-state index contributed by atoms with van der Waals surface area (Å²) in [5.74, 6) is 0. The summed E-state index contributed by atoms with van der Waals surface area (Å²) < 4.78 is 0. The average molecular weight is 243 g/mol. The summed E-state index contributed by atoms with van der Waals surface area (Å²) in [6.07, 6.45) is 3.69. The van der Waals surface area contributed by atoms with Crippen molar-refractivity contribution in [3.05, 3.63) is 51.5 Å². The van der Waals surface area contributed by atoms with Crippen LogP contribution in [0.1, 0.15) is 20.9 Å². The van der Waals surface area contributed by atoms with Crippen molar-refractivity contribution in [1.82, 2.24) is 10.3 Å². The van der Waals surface area contributed by atoms with E-state index in [0.717, 1.165) is 18.0 Å². The largest absolute Gasteiger partial charge is 0.308 e. The third-order valence-corrected chi connectivity index (χ3v) is 3.52. The topological polar surface area (TPSA) is 48.7 Å². The molecule has 3 nitrogen and oxygen atoms in total. The lowest BCUT2D eigenvalue weighted by molar-refractivity contribution is 0.696. The van der Waals surface area contributed by atoms with Gasteiger partial charge in [-0.25, -0.2) is 0 Å². The van der Waals surface area contributed by atoms with Crippen LogP contribution in [-0.2, 0) is 13.1 Å². The van der Waals surface area contributed by atoms with Crippen LogP contribution < -0.4 is 5.32 Å². The van der Waals surface area contributed by atoms with Gasteiger partial charge in [-0.1, -0.05) is 0 Å². The number of aryl methyl sites for hydroxylation is 1. The quantitative estimate of drug-likeness (QED) is 0.898. The van der Waals surface area contributed by atoms with Crippen molar-refractivity contribution in [2.45, 2.75) is 20.0 Å².